The molecule has 0 amide bonds. The van der Waals surface area contributed by atoms with Gasteiger partial charge in [-0.3, -0.25) is 4.79 Å². The van der Waals surface area contributed by atoms with Gasteiger partial charge in [-0.05, 0) is 32.0 Å². The number of hydrogen-bond acceptors (Lipinski definition) is 4. The number of alkyl halides is 3. The number of hydrogen-bond donors (Lipinski definition) is 2. The summed E-state index contributed by atoms with van der Waals surface area (Å²) in [6, 6.07) is 8.58. The number of fused-ring (bicyclic) bond motifs is 1. The van der Waals surface area contributed by atoms with E-state index in [0.717, 1.165) is 4.90 Å². The molecule has 0 bridgehead atoms. The highest BCUT2D eigenvalue weighted by atomic mass is 19.4. The molecule has 0 atom stereocenters. The predicted molar refractivity (Wildman–Crippen MR) is 107 cm³/mol. The minimum Gasteiger partial charge on any atom is -0.507 e. The number of aromatic hydroxyl groups is 1. The molecule has 5 nitrogen and oxygen atoms in total. The minimum absolute atomic E-state index is 0.00744. The molecule has 8 heteroatoms. The third-order valence-electron chi connectivity index (χ3n) is 5.20. The maximum atomic E-state index is 14.0. The van der Waals surface area contributed by atoms with Crippen molar-refractivity contribution in [3.63, 3.8) is 0 Å². The summed E-state index contributed by atoms with van der Waals surface area (Å²) in [6.45, 7) is 5.48. The number of methoxy groups -OCH3 is 1. The number of halogens is 3. The Morgan fingerprint density at radius 3 is 2.37 bits per heavy atom. The summed E-state index contributed by atoms with van der Waals surface area (Å²) in [5, 5.41) is 10.3. The number of rotatable bonds is 6. The van der Waals surface area contributed by atoms with Crippen LogP contribution >= 0.6 is 0 Å². The van der Waals surface area contributed by atoms with E-state index in [9.17, 15) is 23.1 Å². The summed E-state index contributed by atoms with van der Waals surface area (Å²) >= 11 is 0. The Labute approximate surface area is 171 Å². The number of nitrogens with one attached hydrogen (secondary N) is 1. The Morgan fingerprint density at radius 1 is 1.10 bits per heavy atom. The molecule has 3 rings (SSSR count). The zero-order chi connectivity index (χ0) is 22.1. The van der Waals surface area contributed by atoms with E-state index in [0.29, 0.717) is 13.1 Å². The zero-order valence-electron chi connectivity index (χ0n) is 16.9. The molecule has 0 fully saturated rings. The first-order chi connectivity index (χ1) is 14.2. The monoisotopic (exact) mass is 422 g/mol. The fraction of sp³-hybridized carbons (Fsp3) is 0.318. The van der Waals surface area contributed by atoms with Gasteiger partial charge in [0.25, 0.3) is 0 Å². The molecule has 0 radical (unpaired) electrons. The van der Waals surface area contributed by atoms with Gasteiger partial charge in [0.15, 0.2) is 5.58 Å². The Morgan fingerprint density at radius 2 is 1.77 bits per heavy atom. The minimum atomic E-state index is -4.92. The SMILES string of the molecule is CC[NH+](CC)Cc1c(O)ccc2c(=O)c(-c3ccccc3OC)c(C(F)(F)F)oc12. The van der Waals surface area contributed by atoms with Crippen LogP contribution in [0.25, 0.3) is 22.1 Å². The molecule has 0 aliphatic carbocycles. The number of ether oxygens (including phenoxy) is 1. The molecular weight excluding hydrogens is 399 g/mol. The molecule has 2 aromatic carbocycles. The summed E-state index contributed by atoms with van der Waals surface area (Å²) < 4.78 is 52.4. The number of quaternary nitrogens is 1. The van der Waals surface area contributed by atoms with Gasteiger partial charge in [0.1, 0.15) is 18.0 Å². The highest BCUT2D eigenvalue weighted by molar-refractivity contribution is 5.87. The van der Waals surface area contributed by atoms with Gasteiger partial charge in [0.2, 0.25) is 11.2 Å². The van der Waals surface area contributed by atoms with E-state index < -0.39 is 22.9 Å². The summed E-state index contributed by atoms with van der Waals surface area (Å²) in [5.74, 6) is -1.49. The molecule has 3 aromatic rings. The van der Waals surface area contributed by atoms with E-state index in [1.54, 1.807) is 6.07 Å². The first-order valence-corrected chi connectivity index (χ1v) is 9.58. The average Bonchev–Trinajstić information content (AvgIpc) is 2.72. The van der Waals surface area contributed by atoms with Crippen molar-refractivity contribution in [3.8, 4) is 22.6 Å². The number of benzene rings is 2. The molecule has 0 saturated carbocycles. The molecule has 30 heavy (non-hydrogen) atoms. The zero-order valence-corrected chi connectivity index (χ0v) is 16.9. The van der Waals surface area contributed by atoms with Crippen LogP contribution in [-0.2, 0) is 12.7 Å². The van der Waals surface area contributed by atoms with E-state index in [-0.39, 0.29) is 40.1 Å². The van der Waals surface area contributed by atoms with Crippen molar-refractivity contribution in [2.75, 3.05) is 20.2 Å². The van der Waals surface area contributed by atoms with Gasteiger partial charge in [-0.15, -0.1) is 0 Å². The van der Waals surface area contributed by atoms with Gasteiger partial charge in [0, 0.05) is 5.56 Å². The fourth-order valence-electron chi connectivity index (χ4n) is 3.52. The standard InChI is InChI=1S/C22H22F3NO4/c1-4-26(5-2)12-15-16(27)11-10-14-19(28)18(13-8-6-7-9-17(13)29-3)21(22(23,24)25)30-20(14)15/h6-11,27H,4-5,12H2,1-3H3/p+1. The highest BCUT2D eigenvalue weighted by Gasteiger charge is 2.40. The fourth-order valence-corrected chi connectivity index (χ4v) is 3.52. The molecule has 0 aliphatic rings. The van der Waals surface area contributed by atoms with Gasteiger partial charge < -0.3 is 19.2 Å². The Hall–Kier alpha value is -3.00. The Balaban J connectivity index is 2.42. The number of phenols is 1. The van der Waals surface area contributed by atoms with E-state index in [2.05, 4.69) is 0 Å². The van der Waals surface area contributed by atoms with Gasteiger partial charge in [-0.25, -0.2) is 0 Å². The van der Waals surface area contributed by atoms with E-state index in [1.165, 1.54) is 37.4 Å². The average molecular weight is 422 g/mol. The number of para-hydroxylation sites is 1. The van der Waals surface area contributed by atoms with Gasteiger partial charge in [-0.2, -0.15) is 13.2 Å². The smallest absolute Gasteiger partial charge is 0.450 e. The molecule has 160 valence electrons. The molecule has 0 saturated heterocycles. The first kappa shape index (κ1) is 21.7. The third-order valence-corrected chi connectivity index (χ3v) is 5.20. The van der Waals surface area contributed by atoms with Crippen molar-refractivity contribution in [2.24, 2.45) is 0 Å². The van der Waals surface area contributed by atoms with Crippen molar-refractivity contribution in [2.45, 2.75) is 26.6 Å². The normalized spacial score (nSPS) is 12.0. The second kappa shape index (κ2) is 8.39. The van der Waals surface area contributed by atoms with Crippen molar-refractivity contribution in [1.82, 2.24) is 0 Å². The van der Waals surface area contributed by atoms with Gasteiger partial charge in [-0.1, -0.05) is 18.2 Å². The van der Waals surface area contributed by atoms with Crippen LogP contribution in [0.2, 0.25) is 0 Å². The molecule has 1 aromatic heterocycles. The highest BCUT2D eigenvalue weighted by Crippen LogP contribution is 2.41. The van der Waals surface area contributed by atoms with Crippen molar-refractivity contribution in [1.29, 1.82) is 0 Å². The van der Waals surface area contributed by atoms with Crippen LogP contribution in [-0.4, -0.2) is 25.3 Å². The summed E-state index contributed by atoms with van der Waals surface area (Å²) in [5.41, 5.74) is -1.51. The lowest BCUT2D eigenvalue weighted by Gasteiger charge is -2.19. The lowest BCUT2D eigenvalue weighted by molar-refractivity contribution is -0.910. The van der Waals surface area contributed by atoms with Crippen molar-refractivity contribution >= 4 is 11.0 Å². The summed E-state index contributed by atoms with van der Waals surface area (Å²) in [6.07, 6.45) is -4.92. The molecule has 0 aliphatic heterocycles. The summed E-state index contributed by atoms with van der Waals surface area (Å²) in [7, 11) is 1.32. The van der Waals surface area contributed by atoms with Gasteiger partial charge in [0.05, 0.1) is 36.7 Å². The quantitative estimate of drug-likeness (QED) is 0.637. The molecule has 0 spiro atoms. The Kier molecular flexibility index (Phi) is 6.07. The lowest BCUT2D eigenvalue weighted by atomic mass is 9.99. The second-order valence-corrected chi connectivity index (χ2v) is 6.91. The van der Waals surface area contributed by atoms with Crippen LogP contribution in [0.4, 0.5) is 13.2 Å². The second-order valence-electron chi connectivity index (χ2n) is 6.91. The largest absolute Gasteiger partial charge is 0.507 e. The van der Waals surface area contributed by atoms with Crippen LogP contribution in [0.5, 0.6) is 11.5 Å². The van der Waals surface area contributed by atoms with Gasteiger partial charge >= 0.3 is 6.18 Å². The number of phenolic OH excluding ortho intramolecular Hbond substituents is 1. The van der Waals surface area contributed by atoms with Crippen LogP contribution in [0, 0.1) is 0 Å². The Bertz CT molecular complexity index is 1120. The van der Waals surface area contributed by atoms with Crippen molar-refractivity contribution < 1.29 is 32.3 Å². The molecule has 0 unspecified atom stereocenters. The lowest BCUT2D eigenvalue weighted by Crippen LogP contribution is -3.10. The topological polar surface area (TPSA) is 64.1 Å². The third kappa shape index (κ3) is 3.87. The maximum absolute atomic E-state index is 14.0. The van der Waals surface area contributed by atoms with Crippen molar-refractivity contribution in [3.05, 3.63) is 57.9 Å². The molecular formula is C22H23F3NO4+. The van der Waals surface area contributed by atoms with Crippen LogP contribution in [0.15, 0.2) is 45.6 Å². The van der Waals surface area contributed by atoms with E-state index in [1.807, 2.05) is 13.8 Å². The van der Waals surface area contributed by atoms with Crippen LogP contribution in [0.1, 0.15) is 25.2 Å². The molecule has 2 N–H and O–H groups in total. The predicted octanol–water partition coefficient (Wildman–Crippen LogP) is 3.62. The van der Waals surface area contributed by atoms with Crippen LogP contribution < -0.4 is 15.1 Å². The molecule has 1 heterocycles. The maximum Gasteiger partial charge on any atom is 0.450 e. The van der Waals surface area contributed by atoms with Crippen LogP contribution in [0.3, 0.4) is 0 Å². The van der Waals surface area contributed by atoms with E-state index in [4.69, 9.17) is 9.15 Å². The summed E-state index contributed by atoms with van der Waals surface area (Å²) in [4.78, 5) is 14.3. The first-order valence-electron chi connectivity index (χ1n) is 9.58. The van der Waals surface area contributed by atoms with E-state index >= 15 is 0 Å².